The van der Waals surface area contributed by atoms with Gasteiger partial charge in [-0.1, -0.05) is 59.6 Å². The molecule has 102 valence electrons. The summed E-state index contributed by atoms with van der Waals surface area (Å²) in [4.78, 5) is 11.7. The molecule has 2 rings (SSSR count). The molecule has 20 heavy (non-hydrogen) atoms. The molecule has 0 spiro atoms. The number of aliphatic carboxylic acids is 1. The van der Waals surface area contributed by atoms with E-state index in [-0.39, 0.29) is 53.3 Å². The van der Waals surface area contributed by atoms with Gasteiger partial charge in [-0.2, -0.15) is 0 Å². The van der Waals surface area contributed by atoms with Gasteiger partial charge in [0.15, 0.2) is 5.54 Å². The summed E-state index contributed by atoms with van der Waals surface area (Å²) in [5, 5.41) is 9.99. The van der Waals surface area contributed by atoms with Crippen LogP contribution in [0.5, 0.6) is 0 Å². The molecular weight excluding hydrogens is 325 g/mol. The van der Waals surface area contributed by atoms with E-state index in [2.05, 4.69) is 0 Å². The predicted molar refractivity (Wildman–Crippen MR) is 84.1 cm³/mol. The Morgan fingerprint density at radius 3 is 1.95 bits per heavy atom. The number of hydrogen-bond acceptors (Lipinski definition) is 2. The Labute approximate surface area is 156 Å². The van der Waals surface area contributed by atoms with Crippen LogP contribution in [0.25, 0.3) is 0 Å². The molecule has 3 nitrogen and oxygen atoms in total. The first-order valence-corrected chi connectivity index (χ1v) is 6.26. The molecule has 0 amide bonds. The molecule has 0 bridgehead atoms. The van der Waals surface area contributed by atoms with Crippen LogP contribution in [0.4, 0.5) is 0 Å². The van der Waals surface area contributed by atoms with E-state index in [1.807, 2.05) is 0 Å². The van der Waals surface area contributed by atoms with Crippen molar-refractivity contribution in [1.29, 1.82) is 0 Å². The molecule has 0 saturated heterocycles. The Hall–Kier alpha value is -0.290. The number of rotatable bonds is 3. The first-order valence-electron chi connectivity index (χ1n) is 5.50. The van der Waals surface area contributed by atoms with Gasteiger partial charge in [-0.05, 0) is 17.7 Å². The molecule has 2 aromatic rings. The molecule has 6 heteroatoms. The zero-order chi connectivity index (χ0) is 14.0. The minimum absolute atomic E-state index is 0. The summed E-state index contributed by atoms with van der Waals surface area (Å²) in [5.74, 6) is -1.21. The third kappa shape index (κ3) is 3.14. The summed E-state index contributed by atoms with van der Waals surface area (Å²) in [6, 6.07) is 13.2. The van der Waals surface area contributed by atoms with Gasteiger partial charge in [-0.3, -0.25) is 0 Å². The van der Waals surface area contributed by atoms with Crippen molar-refractivity contribution in [2.75, 3.05) is 0 Å². The first kappa shape index (κ1) is 17.8. The van der Waals surface area contributed by atoms with E-state index in [0.717, 1.165) is 0 Å². The van der Waals surface area contributed by atoms with Gasteiger partial charge < -0.3 is 10.8 Å². The van der Waals surface area contributed by atoms with Crippen LogP contribution < -0.4 is 5.73 Å². The molecule has 2 aromatic carbocycles. The zero-order valence-corrected chi connectivity index (χ0v) is 11.3. The van der Waals surface area contributed by atoms with Gasteiger partial charge in [-0.15, -0.1) is 0 Å². The summed E-state index contributed by atoms with van der Waals surface area (Å²) in [6.07, 6.45) is 0. The Bertz CT molecular complexity index is 602. The maximum atomic E-state index is 11.7. The van der Waals surface area contributed by atoms with Gasteiger partial charge >= 0.3 is 43.7 Å². The number of carboxylic acids is 1. The van der Waals surface area contributed by atoms with Gasteiger partial charge in [0.1, 0.15) is 0 Å². The van der Waals surface area contributed by atoms with Crippen LogP contribution in [0.2, 0.25) is 10.0 Å². The standard InChI is InChI=1S/C14H11Cl2NO2.Ca.2H/c15-10-7-4-8-11(16)12(10)14(17,13(18)19)9-5-2-1-3-6-9;;;/h1-8H,17H2,(H,18,19);;;. The topological polar surface area (TPSA) is 63.3 Å². The second-order valence-corrected chi connectivity index (χ2v) is 4.89. The van der Waals surface area contributed by atoms with Gasteiger partial charge in [-0.25, -0.2) is 4.79 Å². The Kier molecular flexibility index (Phi) is 6.32. The van der Waals surface area contributed by atoms with Crippen LogP contribution in [0.3, 0.4) is 0 Å². The summed E-state index contributed by atoms with van der Waals surface area (Å²) < 4.78 is 0. The van der Waals surface area contributed by atoms with Crippen molar-refractivity contribution < 1.29 is 9.90 Å². The zero-order valence-electron chi connectivity index (χ0n) is 9.81. The summed E-state index contributed by atoms with van der Waals surface area (Å²) in [6.45, 7) is 0. The number of nitrogens with two attached hydrogens (primary N) is 1. The molecule has 0 radical (unpaired) electrons. The Morgan fingerprint density at radius 1 is 1.00 bits per heavy atom. The van der Waals surface area contributed by atoms with Gasteiger partial charge in [0, 0.05) is 15.6 Å². The molecule has 0 aromatic heterocycles. The number of carbonyl (C=O) groups is 1. The van der Waals surface area contributed by atoms with Crippen molar-refractivity contribution in [3.63, 3.8) is 0 Å². The van der Waals surface area contributed by atoms with Crippen LogP contribution in [-0.2, 0) is 10.3 Å². The fourth-order valence-corrected chi connectivity index (χ4v) is 2.65. The Morgan fingerprint density at radius 2 is 1.50 bits per heavy atom. The van der Waals surface area contributed by atoms with Crippen molar-refractivity contribution in [3.8, 4) is 0 Å². The molecular formula is C14H13CaCl2NO2. The number of benzene rings is 2. The summed E-state index contributed by atoms with van der Waals surface area (Å²) >= 11 is 12.2. The van der Waals surface area contributed by atoms with Crippen molar-refractivity contribution in [3.05, 3.63) is 69.7 Å². The van der Waals surface area contributed by atoms with Crippen molar-refractivity contribution in [1.82, 2.24) is 0 Å². The molecule has 3 N–H and O–H groups in total. The predicted octanol–water partition coefficient (Wildman–Crippen LogP) is 2.36. The summed E-state index contributed by atoms with van der Waals surface area (Å²) in [7, 11) is 0. The van der Waals surface area contributed by atoms with Crippen molar-refractivity contribution in [2.24, 2.45) is 5.73 Å². The van der Waals surface area contributed by atoms with Gasteiger partial charge in [0.2, 0.25) is 0 Å². The van der Waals surface area contributed by atoms with Crippen molar-refractivity contribution >= 4 is 66.9 Å². The molecule has 0 aliphatic rings. The third-order valence-corrected chi connectivity index (χ3v) is 3.55. The van der Waals surface area contributed by atoms with E-state index < -0.39 is 11.5 Å². The molecule has 1 unspecified atom stereocenters. The average Bonchev–Trinajstić information content (AvgIpc) is 2.39. The van der Waals surface area contributed by atoms with Crippen LogP contribution in [0.15, 0.2) is 48.5 Å². The summed E-state index contributed by atoms with van der Waals surface area (Å²) in [5.41, 5.74) is 4.94. The van der Waals surface area contributed by atoms with Crippen LogP contribution in [0, 0.1) is 0 Å². The quantitative estimate of drug-likeness (QED) is 0.845. The molecule has 0 saturated carbocycles. The minimum atomic E-state index is -1.78. The normalized spacial score (nSPS) is 13.2. The number of carboxylic acid groups (broad SMARTS) is 1. The van der Waals surface area contributed by atoms with E-state index in [9.17, 15) is 9.90 Å². The SMILES string of the molecule is NC(C(=O)O)(c1ccccc1)c1c(Cl)cccc1Cl.[CaH2]. The van der Waals surface area contributed by atoms with Crippen LogP contribution >= 0.6 is 23.2 Å². The first-order chi connectivity index (χ1) is 8.98. The third-order valence-electron chi connectivity index (χ3n) is 2.92. The fraction of sp³-hybridized carbons (Fsp3) is 0.0714. The number of hydrogen-bond donors (Lipinski definition) is 2. The van der Waals surface area contributed by atoms with Crippen LogP contribution in [-0.4, -0.2) is 48.8 Å². The Balaban J connectivity index is 0.00000200. The molecule has 0 fully saturated rings. The second-order valence-electron chi connectivity index (χ2n) is 4.08. The van der Waals surface area contributed by atoms with E-state index >= 15 is 0 Å². The number of halogens is 2. The average molecular weight is 338 g/mol. The van der Waals surface area contributed by atoms with Gasteiger partial charge in [0.25, 0.3) is 0 Å². The van der Waals surface area contributed by atoms with E-state index in [0.29, 0.717) is 5.56 Å². The van der Waals surface area contributed by atoms with E-state index in [1.165, 1.54) is 0 Å². The fourth-order valence-electron chi connectivity index (χ4n) is 1.95. The monoisotopic (exact) mass is 337 g/mol. The van der Waals surface area contributed by atoms with Crippen LogP contribution in [0.1, 0.15) is 11.1 Å². The van der Waals surface area contributed by atoms with E-state index in [4.69, 9.17) is 28.9 Å². The molecule has 0 aliphatic heterocycles. The van der Waals surface area contributed by atoms with Gasteiger partial charge in [0.05, 0.1) is 0 Å². The van der Waals surface area contributed by atoms with Crippen molar-refractivity contribution in [2.45, 2.75) is 5.54 Å². The van der Waals surface area contributed by atoms with E-state index in [1.54, 1.807) is 48.5 Å². The molecule has 0 aliphatic carbocycles. The molecule has 1 atom stereocenters. The second kappa shape index (κ2) is 7.12. The molecule has 0 heterocycles. The maximum absolute atomic E-state index is 11.7.